The fourth-order valence-electron chi connectivity index (χ4n) is 4.54. The molecule has 1 heterocycles. The third kappa shape index (κ3) is 3.63. The Kier molecular flexibility index (Phi) is 5.27. The molecule has 162 valence electrons. The zero-order valence-electron chi connectivity index (χ0n) is 17.6. The molecule has 2 aromatic carbocycles. The second kappa shape index (κ2) is 7.81. The Bertz CT molecular complexity index is 1240. The van der Waals surface area contributed by atoms with E-state index in [0.717, 1.165) is 5.70 Å². The molecule has 1 aliphatic heterocycles. The van der Waals surface area contributed by atoms with E-state index in [1.807, 2.05) is 19.9 Å². The summed E-state index contributed by atoms with van der Waals surface area (Å²) < 4.78 is 0. The van der Waals surface area contributed by atoms with Gasteiger partial charge in [0.2, 0.25) is 0 Å². The van der Waals surface area contributed by atoms with E-state index in [0.29, 0.717) is 34.7 Å². The number of nitro benzene ring substituents is 1. The minimum absolute atomic E-state index is 0.0631. The lowest BCUT2D eigenvalue weighted by Gasteiger charge is -2.43. The van der Waals surface area contributed by atoms with Gasteiger partial charge in [-0.1, -0.05) is 43.6 Å². The largest absolute Gasteiger partial charge is 0.384 e. The predicted molar refractivity (Wildman–Crippen MR) is 122 cm³/mol. The molecule has 2 aliphatic rings. The molecular weight excluding hydrogens is 428 g/mol. The standard InChI is InChI=1S/C24H21ClN4O3/c1-24(2)11-19-22(20(30)12-24)21(14-6-8-16(9-7-14)29(31)32)18(13-26)23(27)28(19)17-5-3-4-15(25)10-17/h3-10,21H,11-12,27H2,1-2H3. The van der Waals surface area contributed by atoms with Crippen LogP contribution < -0.4 is 10.6 Å². The topological polar surface area (TPSA) is 113 Å². The molecule has 0 amide bonds. The van der Waals surface area contributed by atoms with Crippen molar-refractivity contribution in [3.05, 3.63) is 91.9 Å². The van der Waals surface area contributed by atoms with Gasteiger partial charge in [-0.3, -0.25) is 19.8 Å². The Morgan fingerprint density at radius 1 is 1.22 bits per heavy atom. The maximum Gasteiger partial charge on any atom is 0.269 e. The minimum atomic E-state index is -0.685. The normalized spacial score (nSPS) is 20.1. The number of halogens is 1. The van der Waals surface area contributed by atoms with Crippen LogP contribution in [0.3, 0.4) is 0 Å². The van der Waals surface area contributed by atoms with E-state index < -0.39 is 10.8 Å². The number of ketones is 1. The number of nitrogens with zero attached hydrogens (tertiary/aromatic N) is 3. The Morgan fingerprint density at radius 2 is 1.91 bits per heavy atom. The monoisotopic (exact) mass is 448 g/mol. The highest BCUT2D eigenvalue weighted by molar-refractivity contribution is 6.30. The van der Waals surface area contributed by atoms with Crippen LogP contribution in [0.1, 0.15) is 38.2 Å². The molecule has 0 saturated heterocycles. The zero-order chi connectivity index (χ0) is 23.2. The van der Waals surface area contributed by atoms with Crippen molar-refractivity contribution in [1.82, 2.24) is 0 Å². The molecule has 0 spiro atoms. The minimum Gasteiger partial charge on any atom is -0.384 e. The van der Waals surface area contributed by atoms with Crippen LogP contribution in [0.2, 0.25) is 5.02 Å². The summed E-state index contributed by atoms with van der Waals surface area (Å²) in [5, 5.41) is 21.6. The fourth-order valence-corrected chi connectivity index (χ4v) is 4.73. The third-order valence-electron chi connectivity index (χ3n) is 5.88. The Morgan fingerprint density at radius 3 is 2.50 bits per heavy atom. The molecule has 32 heavy (non-hydrogen) atoms. The van der Waals surface area contributed by atoms with Crippen molar-refractivity contribution >= 4 is 28.8 Å². The van der Waals surface area contributed by atoms with Crippen molar-refractivity contribution in [2.24, 2.45) is 11.1 Å². The predicted octanol–water partition coefficient (Wildman–Crippen LogP) is 5.19. The number of non-ortho nitro benzene ring substituents is 1. The first-order valence-electron chi connectivity index (χ1n) is 10.1. The van der Waals surface area contributed by atoms with E-state index in [9.17, 15) is 20.2 Å². The lowest BCUT2D eigenvalue weighted by molar-refractivity contribution is -0.384. The van der Waals surface area contributed by atoms with Crippen molar-refractivity contribution < 1.29 is 9.72 Å². The molecule has 0 bridgehead atoms. The van der Waals surface area contributed by atoms with Gasteiger partial charge in [0.05, 0.1) is 22.5 Å². The highest BCUT2D eigenvalue weighted by Gasteiger charge is 2.44. The number of nitro groups is 1. The molecule has 2 aromatic rings. The molecule has 1 unspecified atom stereocenters. The number of hydrogen-bond donors (Lipinski definition) is 1. The van der Waals surface area contributed by atoms with E-state index in [1.165, 1.54) is 12.1 Å². The maximum absolute atomic E-state index is 13.4. The number of Topliss-reactive ketones (excluding diaryl/α,β-unsaturated/α-hetero) is 1. The zero-order valence-corrected chi connectivity index (χ0v) is 18.4. The van der Waals surface area contributed by atoms with Crippen molar-refractivity contribution in [2.45, 2.75) is 32.6 Å². The van der Waals surface area contributed by atoms with E-state index in [-0.39, 0.29) is 28.3 Å². The summed E-state index contributed by atoms with van der Waals surface area (Å²) >= 11 is 6.22. The molecule has 8 heteroatoms. The molecular formula is C24H21ClN4O3. The molecule has 1 aliphatic carbocycles. The van der Waals surface area contributed by atoms with E-state index in [4.69, 9.17) is 17.3 Å². The molecule has 0 radical (unpaired) electrons. The number of hydrogen-bond acceptors (Lipinski definition) is 6. The average molecular weight is 449 g/mol. The first-order valence-corrected chi connectivity index (χ1v) is 10.5. The summed E-state index contributed by atoms with van der Waals surface area (Å²) in [7, 11) is 0. The molecule has 4 rings (SSSR count). The van der Waals surface area contributed by atoms with Gasteiger partial charge in [-0.2, -0.15) is 5.26 Å². The Hall–Kier alpha value is -3.63. The van der Waals surface area contributed by atoms with Crippen LogP contribution in [0.25, 0.3) is 0 Å². The third-order valence-corrected chi connectivity index (χ3v) is 6.12. The number of carbonyl (C=O) groups excluding carboxylic acids is 1. The average Bonchev–Trinajstić information content (AvgIpc) is 2.72. The summed E-state index contributed by atoms with van der Waals surface area (Å²) in [6.45, 7) is 4.04. The van der Waals surface area contributed by atoms with Crippen LogP contribution >= 0.6 is 11.6 Å². The number of nitriles is 1. The maximum atomic E-state index is 13.4. The smallest absolute Gasteiger partial charge is 0.269 e. The summed E-state index contributed by atoms with van der Waals surface area (Å²) in [6.07, 6.45) is 0.904. The summed E-state index contributed by atoms with van der Waals surface area (Å²) in [6, 6.07) is 15.2. The molecule has 0 fully saturated rings. The van der Waals surface area contributed by atoms with Crippen molar-refractivity contribution in [3.8, 4) is 6.07 Å². The summed E-state index contributed by atoms with van der Waals surface area (Å²) in [5.41, 5.74) is 8.93. The Labute approximate surface area is 190 Å². The molecule has 0 saturated carbocycles. The van der Waals surface area contributed by atoms with Gasteiger partial charge in [-0.25, -0.2) is 0 Å². The first kappa shape index (κ1) is 21.6. The van der Waals surface area contributed by atoms with Crippen LogP contribution in [0.4, 0.5) is 11.4 Å². The van der Waals surface area contributed by atoms with Crippen molar-refractivity contribution in [3.63, 3.8) is 0 Å². The fraction of sp³-hybridized carbons (Fsp3) is 0.250. The number of carbonyl (C=O) groups is 1. The van der Waals surface area contributed by atoms with E-state index >= 15 is 0 Å². The first-order chi connectivity index (χ1) is 15.1. The lowest BCUT2D eigenvalue weighted by Crippen LogP contribution is -2.42. The molecule has 7 nitrogen and oxygen atoms in total. The summed E-state index contributed by atoms with van der Waals surface area (Å²) in [5.74, 6) is -0.524. The molecule has 0 aromatic heterocycles. The quantitative estimate of drug-likeness (QED) is 0.510. The van der Waals surface area contributed by atoms with Crippen LogP contribution in [0.5, 0.6) is 0 Å². The van der Waals surface area contributed by atoms with Crippen LogP contribution in [-0.2, 0) is 4.79 Å². The number of allylic oxidation sites excluding steroid dienone is 3. The van der Waals surface area contributed by atoms with Crippen molar-refractivity contribution in [1.29, 1.82) is 5.26 Å². The van der Waals surface area contributed by atoms with Gasteiger partial charge < -0.3 is 5.73 Å². The van der Waals surface area contributed by atoms with Crippen molar-refractivity contribution in [2.75, 3.05) is 4.90 Å². The van der Waals surface area contributed by atoms with Crippen LogP contribution in [-0.4, -0.2) is 10.7 Å². The van der Waals surface area contributed by atoms with Gasteiger partial charge >= 0.3 is 0 Å². The lowest BCUT2D eigenvalue weighted by atomic mass is 9.68. The van der Waals surface area contributed by atoms with Gasteiger partial charge in [0, 0.05) is 40.5 Å². The number of benzene rings is 2. The van der Waals surface area contributed by atoms with Gasteiger partial charge in [-0.15, -0.1) is 0 Å². The second-order valence-electron chi connectivity index (χ2n) is 8.81. The van der Waals surface area contributed by atoms with Crippen LogP contribution in [0, 0.1) is 26.9 Å². The van der Waals surface area contributed by atoms with Gasteiger partial charge in [0.15, 0.2) is 5.78 Å². The van der Waals surface area contributed by atoms with Gasteiger partial charge in [0.1, 0.15) is 5.82 Å². The molecule has 2 N–H and O–H groups in total. The number of anilines is 1. The van der Waals surface area contributed by atoms with Gasteiger partial charge in [-0.05, 0) is 35.6 Å². The highest BCUT2D eigenvalue weighted by atomic mass is 35.5. The SMILES string of the molecule is CC1(C)CC(=O)C2=C(C1)N(c1cccc(Cl)c1)C(N)=C(C#N)C2c1ccc([N+](=O)[O-])cc1. The Balaban J connectivity index is 1.97. The highest BCUT2D eigenvalue weighted by Crippen LogP contribution is 2.50. The summed E-state index contributed by atoms with van der Waals surface area (Å²) in [4.78, 5) is 25.8. The number of rotatable bonds is 3. The van der Waals surface area contributed by atoms with Crippen LogP contribution in [0.15, 0.2) is 71.2 Å². The van der Waals surface area contributed by atoms with E-state index in [2.05, 4.69) is 6.07 Å². The van der Waals surface area contributed by atoms with E-state index in [1.54, 1.807) is 35.2 Å². The van der Waals surface area contributed by atoms with Gasteiger partial charge in [0.25, 0.3) is 5.69 Å². The molecule has 1 atom stereocenters. The second-order valence-corrected chi connectivity index (χ2v) is 9.25. The number of nitrogens with two attached hydrogens (primary N) is 1.